The molecule has 0 atom stereocenters. The first-order chi connectivity index (χ1) is 10.1. The lowest BCUT2D eigenvalue weighted by Gasteiger charge is -2.09. The summed E-state index contributed by atoms with van der Waals surface area (Å²) in [5.41, 5.74) is 1.26. The Labute approximate surface area is 127 Å². The Balaban J connectivity index is 2.07. The molecule has 6 nitrogen and oxygen atoms in total. The highest BCUT2D eigenvalue weighted by molar-refractivity contribution is 6.33. The van der Waals surface area contributed by atoms with Gasteiger partial charge in [-0.15, -0.1) is 0 Å². The summed E-state index contributed by atoms with van der Waals surface area (Å²) in [6, 6.07) is 5.16. The zero-order valence-electron chi connectivity index (χ0n) is 11.7. The van der Waals surface area contributed by atoms with Gasteiger partial charge >= 0.3 is 0 Å². The van der Waals surface area contributed by atoms with Crippen molar-refractivity contribution in [2.75, 3.05) is 19.5 Å². The maximum Gasteiger partial charge on any atom is 0.253 e. The predicted molar refractivity (Wildman–Crippen MR) is 80.8 cm³/mol. The van der Waals surface area contributed by atoms with Crippen LogP contribution in [-0.2, 0) is 6.54 Å². The second kappa shape index (κ2) is 6.90. The molecule has 0 saturated heterocycles. The van der Waals surface area contributed by atoms with Crippen molar-refractivity contribution >= 4 is 23.3 Å². The van der Waals surface area contributed by atoms with Crippen LogP contribution in [0.4, 0.5) is 5.82 Å². The van der Waals surface area contributed by atoms with Gasteiger partial charge in [-0.1, -0.05) is 11.6 Å². The number of carbonyl (C=O) groups is 1. The first kappa shape index (κ1) is 15.1. The lowest BCUT2D eigenvalue weighted by Crippen LogP contribution is -2.23. The number of halogens is 1. The number of hydrogen-bond donors (Lipinski definition) is 2. The third-order valence-electron chi connectivity index (χ3n) is 2.82. The number of aromatic nitrogens is 2. The van der Waals surface area contributed by atoms with Crippen molar-refractivity contribution in [2.24, 2.45) is 0 Å². The molecule has 0 aromatic carbocycles. The van der Waals surface area contributed by atoms with Gasteiger partial charge in [-0.25, -0.2) is 9.97 Å². The van der Waals surface area contributed by atoms with Crippen LogP contribution < -0.4 is 15.4 Å². The van der Waals surface area contributed by atoms with Crippen LogP contribution in [0.1, 0.15) is 15.9 Å². The van der Waals surface area contributed by atoms with Crippen molar-refractivity contribution < 1.29 is 9.53 Å². The van der Waals surface area contributed by atoms with Gasteiger partial charge in [-0.2, -0.15) is 0 Å². The topological polar surface area (TPSA) is 76.1 Å². The Morgan fingerprint density at radius 1 is 1.38 bits per heavy atom. The Morgan fingerprint density at radius 2 is 2.19 bits per heavy atom. The van der Waals surface area contributed by atoms with Gasteiger partial charge in [0.2, 0.25) is 5.88 Å². The average Bonchev–Trinajstić information content (AvgIpc) is 2.53. The lowest BCUT2D eigenvalue weighted by atomic mass is 10.2. The van der Waals surface area contributed by atoms with Crippen molar-refractivity contribution in [2.45, 2.75) is 6.54 Å². The molecule has 21 heavy (non-hydrogen) atoms. The van der Waals surface area contributed by atoms with E-state index in [1.807, 2.05) is 0 Å². The van der Waals surface area contributed by atoms with Crippen LogP contribution in [0.15, 0.2) is 30.6 Å². The van der Waals surface area contributed by atoms with Gasteiger partial charge in [0.1, 0.15) is 5.82 Å². The molecule has 110 valence electrons. The summed E-state index contributed by atoms with van der Waals surface area (Å²) in [6.07, 6.45) is 3.07. The molecule has 0 radical (unpaired) electrons. The van der Waals surface area contributed by atoms with Crippen LogP contribution in [-0.4, -0.2) is 30.0 Å². The molecule has 2 aromatic rings. The minimum absolute atomic E-state index is 0.269. The summed E-state index contributed by atoms with van der Waals surface area (Å²) in [5.74, 6) is 0.811. The highest BCUT2D eigenvalue weighted by atomic mass is 35.5. The fraction of sp³-hybridized carbons (Fsp3) is 0.214. The van der Waals surface area contributed by atoms with Crippen LogP contribution in [0, 0.1) is 0 Å². The SMILES string of the molecule is CNc1cc(C(=O)NCc2ccnc(OC)c2)c(Cl)cn1. The number of methoxy groups -OCH3 is 1. The van der Waals surface area contributed by atoms with E-state index in [-0.39, 0.29) is 5.91 Å². The molecule has 2 aromatic heterocycles. The number of rotatable bonds is 5. The van der Waals surface area contributed by atoms with Crippen molar-refractivity contribution in [1.29, 1.82) is 0 Å². The summed E-state index contributed by atoms with van der Waals surface area (Å²) in [4.78, 5) is 20.2. The first-order valence-corrected chi connectivity index (χ1v) is 6.62. The standard InChI is InChI=1S/C14H15ClN4O2/c1-16-12-6-10(11(15)8-18-12)14(20)19-7-9-3-4-17-13(5-9)21-2/h3-6,8H,7H2,1-2H3,(H,16,18)(H,19,20). The fourth-order valence-electron chi connectivity index (χ4n) is 1.70. The lowest BCUT2D eigenvalue weighted by molar-refractivity contribution is 0.0951. The molecule has 0 aliphatic carbocycles. The number of hydrogen-bond acceptors (Lipinski definition) is 5. The van der Waals surface area contributed by atoms with Crippen LogP contribution in [0.2, 0.25) is 5.02 Å². The van der Waals surface area contributed by atoms with E-state index in [0.29, 0.717) is 28.8 Å². The predicted octanol–water partition coefficient (Wildman–Crippen LogP) is 2.11. The largest absolute Gasteiger partial charge is 0.481 e. The van der Waals surface area contributed by atoms with Gasteiger partial charge in [-0.3, -0.25) is 4.79 Å². The van der Waals surface area contributed by atoms with E-state index >= 15 is 0 Å². The number of pyridine rings is 2. The monoisotopic (exact) mass is 306 g/mol. The zero-order chi connectivity index (χ0) is 15.2. The van der Waals surface area contributed by atoms with Gasteiger partial charge in [0.15, 0.2) is 0 Å². The van der Waals surface area contributed by atoms with Gasteiger partial charge < -0.3 is 15.4 Å². The molecule has 0 aliphatic heterocycles. The second-order valence-corrected chi connectivity index (χ2v) is 4.60. The van der Waals surface area contributed by atoms with Crippen LogP contribution >= 0.6 is 11.6 Å². The molecule has 0 aliphatic rings. The van der Waals surface area contributed by atoms with E-state index in [4.69, 9.17) is 16.3 Å². The quantitative estimate of drug-likeness (QED) is 0.885. The number of nitrogens with one attached hydrogen (secondary N) is 2. The first-order valence-electron chi connectivity index (χ1n) is 6.24. The van der Waals surface area contributed by atoms with Gasteiger partial charge in [-0.05, 0) is 17.7 Å². The number of amides is 1. The summed E-state index contributed by atoms with van der Waals surface area (Å²) in [6.45, 7) is 0.352. The number of ether oxygens (including phenoxy) is 1. The van der Waals surface area contributed by atoms with E-state index in [9.17, 15) is 4.79 Å². The fourth-order valence-corrected chi connectivity index (χ4v) is 1.89. The minimum atomic E-state index is -0.269. The zero-order valence-corrected chi connectivity index (χ0v) is 12.4. The van der Waals surface area contributed by atoms with Crippen molar-refractivity contribution in [1.82, 2.24) is 15.3 Å². The van der Waals surface area contributed by atoms with Crippen LogP contribution in [0.25, 0.3) is 0 Å². The molecule has 2 rings (SSSR count). The highest BCUT2D eigenvalue weighted by Gasteiger charge is 2.11. The van der Waals surface area contributed by atoms with E-state index in [1.54, 1.807) is 38.6 Å². The van der Waals surface area contributed by atoms with Gasteiger partial charge in [0, 0.05) is 32.1 Å². The van der Waals surface area contributed by atoms with E-state index in [2.05, 4.69) is 20.6 Å². The molecule has 0 spiro atoms. The Morgan fingerprint density at radius 3 is 2.90 bits per heavy atom. The molecular formula is C14H15ClN4O2. The third kappa shape index (κ3) is 3.82. The molecule has 0 saturated carbocycles. The maximum absolute atomic E-state index is 12.2. The molecule has 0 fully saturated rings. The average molecular weight is 307 g/mol. The van der Waals surface area contributed by atoms with E-state index in [1.165, 1.54) is 6.20 Å². The Bertz CT molecular complexity index is 649. The summed E-state index contributed by atoms with van der Waals surface area (Å²) >= 11 is 6.00. The maximum atomic E-state index is 12.2. The highest BCUT2D eigenvalue weighted by Crippen LogP contribution is 2.18. The Hall–Kier alpha value is -2.34. The Kier molecular flexibility index (Phi) is 4.94. The van der Waals surface area contributed by atoms with Gasteiger partial charge in [0.05, 0.1) is 17.7 Å². The number of nitrogens with zero attached hydrogens (tertiary/aromatic N) is 2. The molecule has 1 amide bonds. The molecule has 2 heterocycles. The summed E-state index contributed by atoms with van der Waals surface area (Å²) in [5, 5.41) is 5.96. The van der Waals surface area contributed by atoms with Crippen molar-refractivity contribution in [3.63, 3.8) is 0 Å². The molecular weight excluding hydrogens is 292 g/mol. The van der Waals surface area contributed by atoms with Crippen molar-refractivity contribution in [3.8, 4) is 5.88 Å². The third-order valence-corrected chi connectivity index (χ3v) is 3.12. The number of anilines is 1. The molecule has 0 unspecified atom stereocenters. The summed E-state index contributed by atoms with van der Waals surface area (Å²) in [7, 11) is 3.27. The second-order valence-electron chi connectivity index (χ2n) is 4.19. The molecule has 7 heteroatoms. The minimum Gasteiger partial charge on any atom is -0.481 e. The normalized spacial score (nSPS) is 10.0. The van der Waals surface area contributed by atoms with E-state index < -0.39 is 0 Å². The van der Waals surface area contributed by atoms with Crippen LogP contribution in [0.3, 0.4) is 0 Å². The van der Waals surface area contributed by atoms with Gasteiger partial charge in [0.25, 0.3) is 5.91 Å². The smallest absolute Gasteiger partial charge is 0.253 e. The molecule has 0 bridgehead atoms. The van der Waals surface area contributed by atoms with Crippen LogP contribution in [0.5, 0.6) is 5.88 Å². The number of carbonyl (C=O) groups excluding carboxylic acids is 1. The summed E-state index contributed by atoms with van der Waals surface area (Å²) < 4.78 is 5.03. The van der Waals surface area contributed by atoms with E-state index in [0.717, 1.165) is 5.56 Å². The molecule has 2 N–H and O–H groups in total. The van der Waals surface area contributed by atoms with Crippen molar-refractivity contribution in [3.05, 3.63) is 46.7 Å².